The van der Waals surface area contributed by atoms with E-state index in [1.807, 2.05) is 19.9 Å². The molecule has 6 heteroatoms. The second kappa shape index (κ2) is 6.50. The second-order valence-corrected chi connectivity index (χ2v) is 6.21. The molecular formula is C17H22N4O2. The topological polar surface area (TPSA) is 80.0 Å². The van der Waals surface area contributed by atoms with Gasteiger partial charge in [0.25, 0.3) is 5.91 Å². The third kappa shape index (κ3) is 3.42. The van der Waals surface area contributed by atoms with E-state index in [2.05, 4.69) is 15.4 Å². The van der Waals surface area contributed by atoms with E-state index in [0.29, 0.717) is 17.9 Å². The van der Waals surface area contributed by atoms with Gasteiger partial charge in [-0.25, -0.2) is 9.67 Å². The molecule has 0 radical (unpaired) electrons. The molecule has 6 nitrogen and oxygen atoms in total. The molecule has 23 heavy (non-hydrogen) atoms. The zero-order chi connectivity index (χ0) is 16.4. The number of pyridine rings is 1. The first-order valence-electron chi connectivity index (χ1n) is 8.00. The minimum absolute atomic E-state index is 0.156. The fraction of sp³-hybridized carbons (Fsp3) is 0.471. The summed E-state index contributed by atoms with van der Waals surface area (Å²) >= 11 is 0. The Morgan fingerprint density at radius 2 is 2.22 bits per heavy atom. The predicted molar refractivity (Wildman–Crippen MR) is 86.5 cm³/mol. The molecule has 2 atom stereocenters. The molecule has 1 aliphatic rings. The number of hydrogen-bond donors (Lipinski definition) is 2. The van der Waals surface area contributed by atoms with Crippen LogP contribution in [0.3, 0.4) is 0 Å². The fourth-order valence-corrected chi connectivity index (χ4v) is 3.09. The number of amides is 1. The average molecular weight is 314 g/mol. The summed E-state index contributed by atoms with van der Waals surface area (Å²) in [4.78, 5) is 16.5. The Kier molecular flexibility index (Phi) is 4.43. The number of aryl methyl sites for hydroxylation is 2. The monoisotopic (exact) mass is 314 g/mol. The van der Waals surface area contributed by atoms with Crippen molar-refractivity contribution < 1.29 is 9.90 Å². The molecule has 2 aromatic rings. The van der Waals surface area contributed by atoms with Crippen LogP contribution in [0.1, 0.15) is 41.0 Å². The van der Waals surface area contributed by atoms with Crippen molar-refractivity contribution in [1.82, 2.24) is 20.1 Å². The van der Waals surface area contributed by atoms with Crippen LogP contribution in [-0.4, -0.2) is 38.4 Å². The van der Waals surface area contributed by atoms with E-state index >= 15 is 0 Å². The first-order chi connectivity index (χ1) is 11.0. The Balaban J connectivity index is 1.64. The van der Waals surface area contributed by atoms with Gasteiger partial charge in [0.1, 0.15) is 0 Å². The van der Waals surface area contributed by atoms with Gasteiger partial charge in [0.15, 0.2) is 5.82 Å². The van der Waals surface area contributed by atoms with Crippen LogP contribution in [0.4, 0.5) is 0 Å². The number of rotatable bonds is 4. The lowest BCUT2D eigenvalue weighted by Crippen LogP contribution is -2.32. The highest BCUT2D eigenvalue weighted by Gasteiger charge is 2.25. The molecule has 0 aromatic carbocycles. The maximum Gasteiger partial charge on any atom is 0.252 e. The first kappa shape index (κ1) is 15.7. The number of nitrogens with one attached hydrogen (secondary N) is 1. The van der Waals surface area contributed by atoms with Crippen LogP contribution < -0.4 is 5.32 Å². The van der Waals surface area contributed by atoms with E-state index in [9.17, 15) is 9.90 Å². The fourth-order valence-electron chi connectivity index (χ4n) is 3.09. The van der Waals surface area contributed by atoms with Crippen LogP contribution in [-0.2, 0) is 0 Å². The van der Waals surface area contributed by atoms with Crippen molar-refractivity contribution in [2.45, 2.75) is 39.2 Å². The zero-order valence-corrected chi connectivity index (χ0v) is 13.5. The van der Waals surface area contributed by atoms with Gasteiger partial charge >= 0.3 is 0 Å². The van der Waals surface area contributed by atoms with Crippen LogP contribution >= 0.6 is 0 Å². The van der Waals surface area contributed by atoms with Gasteiger partial charge in [0, 0.05) is 24.4 Å². The molecule has 122 valence electrons. The molecule has 2 heterocycles. The summed E-state index contributed by atoms with van der Waals surface area (Å²) in [7, 11) is 0. The molecule has 0 bridgehead atoms. The van der Waals surface area contributed by atoms with Crippen molar-refractivity contribution in [3.63, 3.8) is 0 Å². The summed E-state index contributed by atoms with van der Waals surface area (Å²) in [6, 6.07) is 5.52. The third-order valence-corrected chi connectivity index (χ3v) is 4.38. The maximum absolute atomic E-state index is 12.2. The molecule has 2 N–H and O–H groups in total. The summed E-state index contributed by atoms with van der Waals surface area (Å²) in [5.41, 5.74) is 2.45. The smallest absolute Gasteiger partial charge is 0.252 e. The molecule has 0 saturated heterocycles. The van der Waals surface area contributed by atoms with E-state index in [-0.39, 0.29) is 17.9 Å². The van der Waals surface area contributed by atoms with Crippen molar-refractivity contribution in [3.05, 3.63) is 41.3 Å². The highest BCUT2D eigenvalue weighted by Crippen LogP contribution is 2.24. The number of aliphatic hydroxyl groups excluding tert-OH is 1. The molecule has 0 spiro atoms. The maximum atomic E-state index is 12.2. The molecule has 1 amide bonds. The van der Waals surface area contributed by atoms with Crippen LogP contribution in [0.2, 0.25) is 0 Å². The van der Waals surface area contributed by atoms with Gasteiger partial charge in [-0.05, 0) is 44.9 Å². The quantitative estimate of drug-likeness (QED) is 0.901. The lowest BCUT2D eigenvalue weighted by Gasteiger charge is -2.15. The van der Waals surface area contributed by atoms with E-state index in [0.717, 1.165) is 30.7 Å². The molecule has 3 rings (SSSR count). The minimum Gasteiger partial charge on any atom is -0.393 e. The van der Waals surface area contributed by atoms with Gasteiger partial charge in [-0.2, -0.15) is 5.10 Å². The molecule has 1 aliphatic carbocycles. The molecule has 2 aromatic heterocycles. The molecular weight excluding hydrogens is 292 g/mol. The summed E-state index contributed by atoms with van der Waals surface area (Å²) in [6.45, 7) is 4.41. The Morgan fingerprint density at radius 3 is 2.78 bits per heavy atom. The van der Waals surface area contributed by atoms with Crippen LogP contribution in [0, 0.1) is 19.8 Å². The van der Waals surface area contributed by atoms with Crippen molar-refractivity contribution in [3.8, 4) is 5.82 Å². The van der Waals surface area contributed by atoms with E-state index in [1.54, 1.807) is 23.0 Å². The van der Waals surface area contributed by atoms with E-state index in [1.165, 1.54) is 0 Å². The standard InChI is InChI=1S/C17H22N4O2/c1-11-8-12(2)21(20-11)16-7-6-14(10-18-16)17(23)19-9-13-4-3-5-15(13)22/h6-8,10,13,15,22H,3-5,9H2,1-2H3,(H,19,23). The average Bonchev–Trinajstić information content (AvgIpc) is 3.10. The second-order valence-electron chi connectivity index (χ2n) is 6.21. The third-order valence-electron chi connectivity index (χ3n) is 4.38. The van der Waals surface area contributed by atoms with Crippen molar-refractivity contribution in [1.29, 1.82) is 0 Å². The van der Waals surface area contributed by atoms with Crippen molar-refractivity contribution in [2.75, 3.05) is 6.54 Å². The van der Waals surface area contributed by atoms with Gasteiger partial charge in [0.05, 0.1) is 17.4 Å². The summed E-state index contributed by atoms with van der Waals surface area (Å²) in [5, 5.41) is 17.1. The van der Waals surface area contributed by atoms with Crippen LogP contribution in [0.5, 0.6) is 0 Å². The summed E-state index contributed by atoms with van der Waals surface area (Å²) < 4.78 is 1.76. The molecule has 2 unspecified atom stereocenters. The Bertz CT molecular complexity index is 693. The highest BCUT2D eigenvalue weighted by atomic mass is 16.3. The van der Waals surface area contributed by atoms with Crippen molar-refractivity contribution >= 4 is 5.91 Å². The molecule has 1 fully saturated rings. The zero-order valence-electron chi connectivity index (χ0n) is 13.5. The summed E-state index contributed by atoms with van der Waals surface area (Å²) in [5.74, 6) is 0.704. The van der Waals surface area contributed by atoms with E-state index in [4.69, 9.17) is 0 Å². The predicted octanol–water partition coefficient (Wildman–Crippen LogP) is 1.77. The van der Waals surface area contributed by atoms with Crippen LogP contribution in [0.15, 0.2) is 24.4 Å². The van der Waals surface area contributed by atoms with Crippen LogP contribution in [0.25, 0.3) is 5.82 Å². The SMILES string of the molecule is Cc1cc(C)n(-c2ccc(C(=O)NCC3CCCC3O)cn2)n1. The highest BCUT2D eigenvalue weighted by molar-refractivity contribution is 5.93. The first-order valence-corrected chi connectivity index (χ1v) is 8.00. The normalized spacial score (nSPS) is 20.7. The van der Waals surface area contributed by atoms with Gasteiger partial charge in [0.2, 0.25) is 0 Å². The molecule has 0 aliphatic heterocycles. The van der Waals surface area contributed by atoms with Gasteiger partial charge < -0.3 is 10.4 Å². The van der Waals surface area contributed by atoms with Gasteiger partial charge in [-0.1, -0.05) is 6.42 Å². The Morgan fingerprint density at radius 1 is 1.39 bits per heavy atom. The number of nitrogens with zero attached hydrogens (tertiary/aromatic N) is 3. The van der Waals surface area contributed by atoms with E-state index < -0.39 is 0 Å². The lowest BCUT2D eigenvalue weighted by molar-refractivity contribution is 0.0916. The van der Waals surface area contributed by atoms with Gasteiger partial charge in [-0.15, -0.1) is 0 Å². The Hall–Kier alpha value is -2.21. The number of hydrogen-bond acceptors (Lipinski definition) is 4. The number of aromatic nitrogens is 3. The minimum atomic E-state index is -0.290. The Labute approximate surface area is 135 Å². The van der Waals surface area contributed by atoms with Gasteiger partial charge in [-0.3, -0.25) is 4.79 Å². The summed E-state index contributed by atoms with van der Waals surface area (Å²) in [6.07, 6.45) is 4.10. The largest absolute Gasteiger partial charge is 0.393 e. The number of carbonyl (C=O) groups excluding carboxylic acids is 1. The molecule has 1 saturated carbocycles. The number of carbonyl (C=O) groups is 1. The van der Waals surface area contributed by atoms with Crippen molar-refractivity contribution in [2.24, 2.45) is 5.92 Å². The lowest BCUT2D eigenvalue weighted by atomic mass is 10.1. The number of aliphatic hydroxyl groups is 1.